The predicted octanol–water partition coefficient (Wildman–Crippen LogP) is 4.32. The molecule has 0 fully saturated rings. The molecule has 5 nitrogen and oxygen atoms in total. The van der Waals surface area contributed by atoms with E-state index in [1.54, 1.807) is 19.2 Å². The van der Waals surface area contributed by atoms with Crippen LogP contribution in [0.5, 0.6) is 17.2 Å². The maximum Gasteiger partial charge on any atom is 0.258 e. The first-order valence-electron chi connectivity index (χ1n) is 9.02. The third kappa shape index (κ3) is 6.14. The van der Waals surface area contributed by atoms with Gasteiger partial charge in [-0.1, -0.05) is 42.5 Å². The van der Waals surface area contributed by atoms with Gasteiger partial charge in [0.25, 0.3) is 5.91 Å². The average Bonchev–Trinajstić information content (AvgIpc) is 2.73. The molecular weight excluding hydrogens is 354 g/mol. The van der Waals surface area contributed by atoms with Gasteiger partial charge in [0.1, 0.15) is 17.2 Å². The summed E-state index contributed by atoms with van der Waals surface area (Å²) in [6.07, 6.45) is 0. The summed E-state index contributed by atoms with van der Waals surface area (Å²) in [4.78, 5) is 12.0. The van der Waals surface area contributed by atoms with E-state index in [2.05, 4.69) is 5.32 Å². The van der Waals surface area contributed by atoms with Crippen molar-refractivity contribution in [2.75, 3.05) is 13.7 Å². The minimum atomic E-state index is -0.179. The Hall–Kier alpha value is -3.31. The predicted molar refractivity (Wildman–Crippen MR) is 107 cm³/mol. The summed E-state index contributed by atoms with van der Waals surface area (Å²) >= 11 is 0. The average molecular weight is 377 g/mol. The maximum absolute atomic E-state index is 12.0. The number of rotatable bonds is 9. The first-order valence-corrected chi connectivity index (χ1v) is 9.02. The first kappa shape index (κ1) is 19.5. The Morgan fingerprint density at radius 1 is 0.821 bits per heavy atom. The SMILES string of the molecule is COCc1cccc(CNC(=O)COc2ccc(Oc3ccccc3)cc2)c1. The number of carbonyl (C=O) groups is 1. The van der Waals surface area contributed by atoms with Crippen LogP contribution in [0.25, 0.3) is 0 Å². The Bertz CT molecular complexity index is 879. The molecule has 1 amide bonds. The largest absolute Gasteiger partial charge is 0.484 e. The zero-order valence-corrected chi connectivity index (χ0v) is 15.8. The molecular formula is C23H23NO4. The third-order valence-electron chi connectivity index (χ3n) is 3.96. The molecule has 0 aliphatic heterocycles. The van der Waals surface area contributed by atoms with Crippen LogP contribution in [0.1, 0.15) is 11.1 Å². The van der Waals surface area contributed by atoms with E-state index in [1.165, 1.54) is 0 Å². The highest BCUT2D eigenvalue weighted by molar-refractivity contribution is 5.77. The minimum absolute atomic E-state index is 0.0450. The fourth-order valence-corrected chi connectivity index (χ4v) is 2.63. The standard InChI is InChI=1S/C23H23NO4/c1-26-16-19-7-5-6-18(14-19)15-24-23(25)17-27-20-10-12-22(13-11-20)28-21-8-3-2-4-9-21/h2-14H,15-17H2,1H3,(H,24,25). The van der Waals surface area contributed by atoms with Crippen molar-refractivity contribution in [3.63, 3.8) is 0 Å². The highest BCUT2D eigenvalue weighted by Crippen LogP contribution is 2.23. The van der Waals surface area contributed by atoms with Gasteiger partial charge < -0.3 is 19.5 Å². The summed E-state index contributed by atoms with van der Waals surface area (Å²) in [5, 5.41) is 2.85. The van der Waals surface area contributed by atoms with E-state index < -0.39 is 0 Å². The molecule has 0 radical (unpaired) electrons. The van der Waals surface area contributed by atoms with Gasteiger partial charge in [0.05, 0.1) is 6.61 Å². The van der Waals surface area contributed by atoms with Crippen molar-refractivity contribution in [1.82, 2.24) is 5.32 Å². The highest BCUT2D eigenvalue weighted by atomic mass is 16.5. The van der Waals surface area contributed by atoms with Gasteiger partial charge >= 0.3 is 0 Å². The van der Waals surface area contributed by atoms with Crippen LogP contribution in [0.3, 0.4) is 0 Å². The highest BCUT2D eigenvalue weighted by Gasteiger charge is 2.04. The van der Waals surface area contributed by atoms with E-state index in [9.17, 15) is 4.79 Å². The molecule has 0 aromatic heterocycles. The number of methoxy groups -OCH3 is 1. The zero-order valence-electron chi connectivity index (χ0n) is 15.8. The van der Waals surface area contributed by atoms with Gasteiger partial charge in [-0.2, -0.15) is 0 Å². The van der Waals surface area contributed by atoms with Crippen molar-refractivity contribution in [2.45, 2.75) is 13.2 Å². The second kappa shape index (κ2) is 10.1. The van der Waals surface area contributed by atoms with Crippen LogP contribution < -0.4 is 14.8 Å². The smallest absolute Gasteiger partial charge is 0.258 e. The van der Waals surface area contributed by atoms with Gasteiger partial charge in [0.15, 0.2) is 6.61 Å². The van der Waals surface area contributed by atoms with E-state index in [1.807, 2.05) is 66.7 Å². The van der Waals surface area contributed by atoms with Gasteiger partial charge in [-0.25, -0.2) is 0 Å². The fraction of sp³-hybridized carbons (Fsp3) is 0.174. The molecule has 3 aromatic rings. The number of hydrogen-bond donors (Lipinski definition) is 1. The monoisotopic (exact) mass is 377 g/mol. The Morgan fingerprint density at radius 2 is 1.50 bits per heavy atom. The molecule has 3 rings (SSSR count). The minimum Gasteiger partial charge on any atom is -0.484 e. The summed E-state index contributed by atoms with van der Waals surface area (Å²) in [6.45, 7) is 0.954. The van der Waals surface area contributed by atoms with E-state index in [0.717, 1.165) is 16.9 Å². The summed E-state index contributed by atoms with van der Waals surface area (Å²) in [7, 11) is 1.66. The second-order valence-corrected chi connectivity index (χ2v) is 6.20. The van der Waals surface area contributed by atoms with Gasteiger partial charge in [-0.3, -0.25) is 4.79 Å². The molecule has 0 saturated carbocycles. The van der Waals surface area contributed by atoms with Crippen molar-refractivity contribution >= 4 is 5.91 Å². The van der Waals surface area contributed by atoms with Crippen LogP contribution in [-0.2, 0) is 22.7 Å². The molecule has 1 N–H and O–H groups in total. The molecule has 0 saturated heterocycles. The Morgan fingerprint density at radius 3 is 2.25 bits per heavy atom. The number of ether oxygens (including phenoxy) is 3. The first-order chi connectivity index (χ1) is 13.7. The van der Waals surface area contributed by atoms with Crippen LogP contribution in [-0.4, -0.2) is 19.6 Å². The lowest BCUT2D eigenvalue weighted by Crippen LogP contribution is -2.28. The number of carbonyl (C=O) groups excluding carboxylic acids is 1. The molecule has 0 heterocycles. The lowest BCUT2D eigenvalue weighted by atomic mass is 10.1. The lowest BCUT2D eigenvalue weighted by molar-refractivity contribution is -0.123. The molecule has 0 unspecified atom stereocenters. The maximum atomic E-state index is 12.0. The molecule has 5 heteroatoms. The molecule has 28 heavy (non-hydrogen) atoms. The molecule has 0 atom stereocenters. The van der Waals surface area contributed by atoms with Gasteiger partial charge in [0.2, 0.25) is 0 Å². The molecule has 3 aromatic carbocycles. The van der Waals surface area contributed by atoms with Crippen LogP contribution in [0, 0.1) is 0 Å². The third-order valence-corrected chi connectivity index (χ3v) is 3.96. The van der Waals surface area contributed by atoms with E-state index in [-0.39, 0.29) is 12.5 Å². The van der Waals surface area contributed by atoms with Crippen molar-refractivity contribution in [3.05, 3.63) is 90.0 Å². The number of benzene rings is 3. The van der Waals surface area contributed by atoms with E-state index in [4.69, 9.17) is 14.2 Å². The molecule has 0 spiro atoms. The second-order valence-electron chi connectivity index (χ2n) is 6.20. The van der Waals surface area contributed by atoms with Crippen molar-refractivity contribution in [1.29, 1.82) is 0 Å². The Balaban J connectivity index is 1.43. The molecule has 0 aliphatic carbocycles. The van der Waals surface area contributed by atoms with Crippen molar-refractivity contribution < 1.29 is 19.0 Å². The van der Waals surface area contributed by atoms with Crippen LogP contribution >= 0.6 is 0 Å². The van der Waals surface area contributed by atoms with Crippen molar-refractivity contribution in [2.24, 2.45) is 0 Å². The Labute approximate surface area is 164 Å². The van der Waals surface area contributed by atoms with Gasteiger partial charge in [-0.05, 0) is 47.5 Å². The molecule has 0 aliphatic rings. The zero-order chi connectivity index (χ0) is 19.6. The normalized spacial score (nSPS) is 10.3. The number of hydrogen-bond acceptors (Lipinski definition) is 4. The number of amides is 1. The van der Waals surface area contributed by atoms with Crippen molar-refractivity contribution in [3.8, 4) is 17.2 Å². The number of nitrogens with one attached hydrogen (secondary N) is 1. The quantitative estimate of drug-likeness (QED) is 0.603. The van der Waals surface area contributed by atoms with E-state index in [0.29, 0.717) is 24.7 Å². The topological polar surface area (TPSA) is 56.8 Å². The molecule has 0 bridgehead atoms. The van der Waals surface area contributed by atoms with Crippen LogP contribution in [0.4, 0.5) is 0 Å². The lowest BCUT2D eigenvalue weighted by Gasteiger charge is -2.10. The number of para-hydroxylation sites is 1. The summed E-state index contributed by atoms with van der Waals surface area (Å²) in [5.74, 6) is 1.91. The Kier molecular flexibility index (Phi) is 7.04. The molecule has 144 valence electrons. The van der Waals surface area contributed by atoms with Crippen LogP contribution in [0.15, 0.2) is 78.9 Å². The van der Waals surface area contributed by atoms with Gasteiger partial charge in [-0.15, -0.1) is 0 Å². The summed E-state index contributed by atoms with van der Waals surface area (Å²) in [5.41, 5.74) is 2.09. The fourth-order valence-electron chi connectivity index (χ4n) is 2.63. The summed E-state index contributed by atoms with van der Waals surface area (Å²) < 4.78 is 16.4. The van der Waals surface area contributed by atoms with Gasteiger partial charge in [0, 0.05) is 13.7 Å². The van der Waals surface area contributed by atoms with E-state index >= 15 is 0 Å². The van der Waals surface area contributed by atoms with Crippen LogP contribution in [0.2, 0.25) is 0 Å². The summed E-state index contributed by atoms with van der Waals surface area (Å²) in [6, 6.07) is 24.6.